The topological polar surface area (TPSA) is 78.5 Å². The average molecular weight is 460 g/mol. The Morgan fingerprint density at radius 1 is 0.939 bits per heavy atom. The fourth-order valence-corrected chi connectivity index (χ4v) is 4.21. The molecule has 0 saturated carbocycles. The molecule has 2 aromatic heterocycles. The van der Waals surface area contributed by atoms with Gasteiger partial charge in [-0.1, -0.05) is 35.9 Å². The van der Waals surface area contributed by atoms with Crippen molar-refractivity contribution in [3.05, 3.63) is 104 Å². The Balaban J connectivity index is 1.50. The fourth-order valence-electron chi connectivity index (χ4n) is 4.05. The van der Waals surface area contributed by atoms with Crippen LogP contribution in [0, 0.1) is 6.92 Å². The highest BCUT2D eigenvalue weighted by Gasteiger charge is 2.15. The van der Waals surface area contributed by atoms with Crippen molar-refractivity contribution in [1.82, 2.24) is 4.57 Å². The van der Waals surface area contributed by atoms with Crippen LogP contribution in [0.1, 0.15) is 11.1 Å². The Hall–Kier alpha value is -3.90. The summed E-state index contributed by atoms with van der Waals surface area (Å²) < 4.78 is 12.6. The minimum absolute atomic E-state index is 0.0829. The predicted octanol–water partition coefficient (Wildman–Crippen LogP) is 4.97. The number of rotatable bonds is 4. The quantitative estimate of drug-likeness (QED) is 0.215. The van der Waals surface area contributed by atoms with E-state index in [0.717, 1.165) is 5.56 Å². The standard InChI is InChI=1S/C26H18ClNO5/c1-15-10-23-19(12-20(15)27)16(11-24(29)33-23)14-32-25(30)13-28-21-8-4-2-6-17(21)26(31)18-7-3-5-9-22(18)28/h2-12H,13-14H2,1H3. The van der Waals surface area contributed by atoms with E-state index >= 15 is 0 Å². The third-order valence-electron chi connectivity index (χ3n) is 5.66. The van der Waals surface area contributed by atoms with Crippen molar-refractivity contribution >= 4 is 50.3 Å². The SMILES string of the molecule is Cc1cc2oc(=O)cc(COC(=O)Cn3c4ccccc4c(=O)c4ccccc43)c2cc1Cl. The number of carbonyl (C=O) groups is 1. The van der Waals surface area contributed by atoms with Crippen molar-refractivity contribution in [2.24, 2.45) is 0 Å². The van der Waals surface area contributed by atoms with Crippen LogP contribution in [0.5, 0.6) is 0 Å². The van der Waals surface area contributed by atoms with E-state index in [9.17, 15) is 14.4 Å². The number of benzene rings is 3. The van der Waals surface area contributed by atoms with Crippen LogP contribution in [0.25, 0.3) is 32.8 Å². The van der Waals surface area contributed by atoms with Crippen molar-refractivity contribution in [3.8, 4) is 0 Å². The first-order valence-electron chi connectivity index (χ1n) is 10.3. The molecule has 6 nitrogen and oxygen atoms in total. The number of hydrogen-bond donors (Lipinski definition) is 0. The number of aromatic nitrogens is 1. The van der Waals surface area contributed by atoms with E-state index in [1.165, 1.54) is 6.07 Å². The second-order valence-electron chi connectivity index (χ2n) is 7.80. The van der Waals surface area contributed by atoms with Crippen LogP contribution in [-0.2, 0) is 22.7 Å². The molecule has 0 saturated heterocycles. The van der Waals surface area contributed by atoms with Crippen molar-refractivity contribution in [2.45, 2.75) is 20.1 Å². The molecule has 0 aliphatic rings. The highest BCUT2D eigenvalue weighted by Crippen LogP contribution is 2.26. The molecule has 2 heterocycles. The molecule has 0 amide bonds. The lowest BCUT2D eigenvalue weighted by molar-refractivity contribution is -0.145. The van der Waals surface area contributed by atoms with Crippen LogP contribution >= 0.6 is 11.6 Å². The molecule has 0 fully saturated rings. The third kappa shape index (κ3) is 3.79. The second-order valence-corrected chi connectivity index (χ2v) is 8.21. The molecule has 0 atom stereocenters. The summed E-state index contributed by atoms with van der Waals surface area (Å²) in [6.07, 6.45) is 0. The molecule has 164 valence electrons. The largest absolute Gasteiger partial charge is 0.459 e. The molecule has 0 N–H and O–H groups in total. The Labute approximate surface area is 192 Å². The molecular weight excluding hydrogens is 442 g/mol. The van der Waals surface area contributed by atoms with Crippen LogP contribution in [0.3, 0.4) is 0 Å². The van der Waals surface area contributed by atoms with Crippen LogP contribution in [0.15, 0.2) is 80.7 Å². The summed E-state index contributed by atoms with van der Waals surface area (Å²) in [7, 11) is 0. The van der Waals surface area contributed by atoms with E-state index in [2.05, 4.69) is 0 Å². The summed E-state index contributed by atoms with van der Waals surface area (Å²) in [5, 5.41) is 2.19. The van der Waals surface area contributed by atoms with E-state index in [1.807, 2.05) is 19.1 Å². The van der Waals surface area contributed by atoms with Crippen LogP contribution < -0.4 is 11.1 Å². The lowest BCUT2D eigenvalue weighted by atomic mass is 10.1. The molecule has 0 aliphatic carbocycles. The molecule has 0 radical (unpaired) electrons. The van der Waals surface area contributed by atoms with Gasteiger partial charge in [-0.2, -0.15) is 0 Å². The van der Waals surface area contributed by atoms with Gasteiger partial charge in [-0.05, 0) is 48.9 Å². The van der Waals surface area contributed by atoms with Gasteiger partial charge in [-0.15, -0.1) is 0 Å². The highest BCUT2D eigenvalue weighted by molar-refractivity contribution is 6.32. The van der Waals surface area contributed by atoms with Gasteiger partial charge in [0.2, 0.25) is 0 Å². The Kier molecular flexibility index (Phi) is 5.23. The predicted molar refractivity (Wildman–Crippen MR) is 128 cm³/mol. The van der Waals surface area contributed by atoms with Crippen LogP contribution in [-0.4, -0.2) is 10.5 Å². The Bertz CT molecular complexity index is 1620. The van der Waals surface area contributed by atoms with E-state index in [-0.39, 0.29) is 18.6 Å². The van der Waals surface area contributed by atoms with Gasteiger partial charge in [-0.25, -0.2) is 4.79 Å². The first-order valence-corrected chi connectivity index (χ1v) is 10.7. The van der Waals surface area contributed by atoms with E-state index in [1.54, 1.807) is 53.1 Å². The minimum atomic E-state index is -0.535. The van der Waals surface area contributed by atoms with Crippen molar-refractivity contribution in [3.63, 3.8) is 0 Å². The lowest BCUT2D eigenvalue weighted by Gasteiger charge is -2.15. The number of fused-ring (bicyclic) bond motifs is 3. The number of halogens is 1. The number of aryl methyl sites for hydroxylation is 1. The van der Waals surface area contributed by atoms with Crippen molar-refractivity contribution < 1.29 is 13.9 Å². The lowest BCUT2D eigenvalue weighted by Crippen LogP contribution is -2.18. The van der Waals surface area contributed by atoms with Gasteiger partial charge in [0.15, 0.2) is 5.43 Å². The number of hydrogen-bond acceptors (Lipinski definition) is 5. The molecule has 0 unspecified atom stereocenters. The fraction of sp³-hybridized carbons (Fsp3) is 0.115. The van der Waals surface area contributed by atoms with Gasteiger partial charge >= 0.3 is 11.6 Å². The van der Waals surface area contributed by atoms with Crippen molar-refractivity contribution in [1.29, 1.82) is 0 Å². The molecule has 0 aliphatic heterocycles. The summed E-state index contributed by atoms with van der Waals surface area (Å²) in [5.74, 6) is -0.506. The zero-order valence-electron chi connectivity index (χ0n) is 17.6. The zero-order chi connectivity index (χ0) is 23.1. The maximum absolute atomic E-state index is 12.9. The number of esters is 1. The first-order chi connectivity index (χ1) is 15.9. The molecular formula is C26H18ClNO5. The summed E-state index contributed by atoms with van der Waals surface area (Å²) in [4.78, 5) is 37.7. The van der Waals surface area contributed by atoms with Gasteiger partial charge in [0.1, 0.15) is 18.7 Å². The second kappa shape index (κ2) is 8.22. The van der Waals surface area contributed by atoms with E-state index in [0.29, 0.717) is 43.4 Å². The summed E-state index contributed by atoms with van der Waals surface area (Å²) in [5.41, 5.74) is 2.34. The normalized spacial score (nSPS) is 11.3. The van der Waals surface area contributed by atoms with Crippen LogP contribution in [0.2, 0.25) is 5.02 Å². The summed E-state index contributed by atoms with van der Waals surface area (Å²) in [6, 6.07) is 19.0. The van der Waals surface area contributed by atoms with Gasteiger partial charge in [0, 0.05) is 32.8 Å². The monoisotopic (exact) mass is 459 g/mol. The Morgan fingerprint density at radius 3 is 2.24 bits per heavy atom. The number of pyridine rings is 1. The maximum Gasteiger partial charge on any atom is 0.336 e. The van der Waals surface area contributed by atoms with Gasteiger partial charge in [0.25, 0.3) is 0 Å². The molecule has 0 spiro atoms. The highest BCUT2D eigenvalue weighted by atomic mass is 35.5. The van der Waals surface area contributed by atoms with Gasteiger partial charge in [-0.3, -0.25) is 9.59 Å². The molecule has 5 rings (SSSR count). The average Bonchev–Trinajstić information content (AvgIpc) is 2.81. The molecule has 3 aromatic carbocycles. The smallest absolute Gasteiger partial charge is 0.336 e. The molecule has 0 bridgehead atoms. The van der Waals surface area contributed by atoms with Crippen LogP contribution in [0.4, 0.5) is 0 Å². The van der Waals surface area contributed by atoms with Gasteiger partial charge < -0.3 is 13.7 Å². The number of para-hydroxylation sites is 2. The first kappa shape index (κ1) is 21.0. The molecule has 33 heavy (non-hydrogen) atoms. The zero-order valence-corrected chi connectivity index (χ0v) is 18.4. The summed E-state index contributed by atoms with van der Waals surface area (Å²) >= 11 is 6.24. The van der Waals surface area contributed by atoms with E-state index < -0.39 is 11.6 Å². The number of carbonyl (C=O) groups excluding carboxylic acids is 1. The maximum atomic E-state index is 12.9. The molecule has 5 aromatic rings. The van der Waals surface area contributed by atoms with Gasteiger partial charge in [0.05, 0.1) is 11.0 Å². The minimum Gasteiger partial charge on any atom is -0.459 e. The van der Waals surface area contributed by atoms with E-state index in [4.69, 9.17) is 20.8 Å². The Morgan fingerprint density at radius 2 is 1.58 bits per heavy atom. The van der Waals surface area contributed by atoms with Crippen molar-refractivity contribution in [2.75, 3.05) is 0 Å². The molecule has 7 heteroatoms. The third-order valence-corrected chi connectivity index (χ3v) is 6.07. The number of ether oxygens (including phenoxy) is 1. The summed E-state index contributed by atoms with van der Waals surface area (Å²) in [6.45, 7) is 1.60. The number of nitrogens with zero attached hydrogens (tertiary/aromatic N) is 1.